The predicted octanol–water partition coefficient (Wildman–Crippen LogP) is 4.43. The summed E-state index contributed by atoms with van der Waals surface area (Å²) >= 11 is 0. The van der Waals surface area contributed by atoms with E-state index in [4.69, 9.17) is 0 Å². The molecule has 2 aromatic carbocycles. The molecule has 3 aromatic rings. The van der Waals surface area contributed by atoms with Crippen molar-refractivity contribution in [2.45, 2.75) is 32.7 Å². The smallest absolute Gasteiger partial charge is 0.387 e. The minimum absolute atomic E-state index is 0.00541. The highest BCUT2D eigenvalue weighted by atomic mass is 19.3. The summed E-state index contributed by atoms with van der Waals surface area (Å²) in [5, 5.41) is 20.9. The Morgan fingerprint density at radius 1 is 1.00 bits per heavy atom. The molecule has 3 rings (SSSR count). The quantitative estimate of drug-likeness (QED) is 0.542. The summed E-state index contributed by atoms with van der Waals surface area (Å²) in [5.74, 6) is 0.0784. The number of halogens is 2. The third-order valence-corrected chi connectivity index (χ3v) is 4.61. The van der Waals surface area contributed by atoms with Gasteiger partial charge in [0.25, 0.3) is 0 Å². The zero-order valence-corrected chi connectivity index (χ0v) is 16.6. The minimum Gasteiger partial charge on any atom is -0.506 e. The van der Waals surface area contributed by atoms with Gasteiger partial charge in [0.2, 0.25) is 0 Å². The van der Waals surface area contributed by atoms with Crippen LogP contribution in [0.15, 0.2) is 66.7 Å². The lowest BCUT2D eigenvalue weighted by molar-refractivity contribution is -0.0500. The van der Waals surface area contributed by atoms with Crippen molar-refractivity contribution in [2.75, 3.05) is 6.54 Å². The molecule has 1 aromatic heterocycles. The van der Waals surface area contributed by atoms with Gasteiger partial charge in [0.15, 0.2) is 0 Å². The first-order valence-electron chi connectivity index (χ1n) is 9.55. The van der Waals surface area contributed by atoms with Crippen molar-refractivity contribution in [1.82, 2.24) is 9.88 Å². The van der Waals surface area contributed by atoms with Gasteiger partial charge >= 0.3 is 6.61 Å². The molecular formula is C23H24F2N2O3. The van der Waals surface area contributed by atoms with Crippen LogP contribution in [0.1, 0.15) is 28.6 Å². The first-order valence-corrected chi connectivity index (χ1v) is 9.55. The molecule has 0 saturated carbocycles. The van der Waals surface area contributed by atoms with Crippen LogP contribution in [0.4, 0.5) is 8.78 Å². The lowest BCUT2D eigenvalue weighted by Gasteiger charge is -2.26. The Labute approximate surface area is 174 Å². The normalized spacial score (nSPS) is 12.3. The monoisotopic (exact) mass is 414 g/mol. The van der Waals surface area contributed by atoms with Crippen molar-refractivity contribution in [2.24, 2.45) is 0 Å². The number of benzene rings is 2. The molecule has 0 saturated heterocycles. The second-order valence-corrected chi connectivity index (χ2v) is 7.04. The number of aromatic nitrogens is 1. The van der Waals surface area contributed by atoms with Crippen LogP contribution < -0.4 is 4.74 Å². The third kappa shape index (κ3) is 6.23. The highest BCUT2D eigenvalue weighted by Gasteiger charge is 2.18. The third-order valence-electron chi connectivity index (χ3n) is 4.61. The maximum atomic E-state index is 12.5. The van der Waals surface area contributed by atoms with Crippen molar-refractivity contribution in [1.29, 1.82) is 0 Å². The molecule has 0 aliphatic heterocycles. The van der Waals surface area contributed by atoms with Gasteiger partial charge in [-0.1, -0.05) is 42.5 Å². The molecule has 158 valence electrons. The number of ether oxygens (including phenoxy) is 1. The summed E-state index contributed by atoms with van der Waals surface area (Å²) in [5.41, 5.74) is 2.78. The van der Waals surface area contributed by atoms with E-state index in [1.807, 2.05) is 42.2 Å². The number of hydrogen-bond donors (Lipinski definition) is 2. The lowest BCUT2D eigenvalue weighted by Crippen LogP contribution is -2.28. The summed E-state index contributed by atoms with van der Waals surface area (Å²) < 4.78 is 29.4. The molecule has 2 N–H and O–H groups in total. The highest BCUT2D eigenvalue weighted by Crippen LogP contribution is 2.24. The van der Waals surface area contributed by atoms with Crippen molar-refractivity contribution in [3.63, 3.8) is 0 Å². The Morgan fingerprint density at radius 2 is 1.77 bits per heavy atom. The Hall–Kier alpha value is -3.03. The number of hydrogen-bond acceptors (Lipinski definition) is 5. The molecular weight excluding hydrogens is 390 g/mol. The fourth-order valence-electron chi connectivity index (χ4n) is 3.21. The number of aromatic hydroxyl groups is 1. The molecule has 0 radical (unpaired) electrons. The molecule has 0 amide bonds. The maximum absolute atomic E-state index is 12.5. The van der Waals surface area contributed by atoms with Crippen molar-refractivity contribution < 1.29 is 23.7 Å². The number of nitrogens with zero attached hydrogens (tertiary/aromatic N) is 2. The van der Waals surface area contributed by atoms with Gasteiger partial charge in [-0.3, -0.25) is 9.88 Å². The molecule has 0 aliphatic carbocycles. The predicted molar refractivity (Wildman–Crippen MR) is 109 cm³/mol. The van der Waals surface area contributed by atoms with Gasteiger partial charge in [-0.2, -0.15) is 8.78 Å². The Kier molecular flexibility index (Phi) is 7.32. The second kappa shape index (κ2) is 10.1. The van der Waals surface area contributed by atoms with Gasteiger partial charge in [0.05, 0.1) is 11.8 Å². The molecule has 1 heterocycles. The highest BCUT2D eigenvalue weighted by molar-refractivity contribution is 5.31. The van der Waals surface area contributed by atoms with E-state index in [1.54, 1.807) is 24.3 Å². The summed E-state index contributed by atoms with van der Waals surface area (Å²) in [6, 6.07) is 19.1. The number of aliphatic hydroxyl groups excluding tert-OH is 1. The van der Waals surface area contributed by atoms with Gasteiger partial charge in [0, 0.05) is 25.3 Å². The molecule has 0 aliphatic rings. The second-order valence-electron chi connectivity index (χ2n) is 7.04. The van der Waals surface area contributed by atoms with Crippen LogP contribution in [-0.4, -0.2) is 33.3 Å². The largest absolute Gasteiger partial charge is 0.506 e. The zero-order chi connectivity index (χ0) is 21.5. The van der Waals surface area contributed by atoms with Crippen LogP contribution in [-0.2, 0) is 13.1 Å². The van der Waals surface area contributed by atoms with Gasteiger partial charge in [-0.15, -0.1) is 0 Å². The van der Waals surface area contributed by atoms with Gasteiger partial charge in [0.1, 0.15) is 11.5 Å². The number of alkyl halides is 2. The maximum Gasteiger partial charge on any atom is 0.387 e. The molecule has 1 atom stereocenters. The number of aryl methyl sites for hydroxylation is 1. The Balaban J connectivity index is 1.80. The summed E-state index contributed by atoms with van der Waals surface area (Å²) in [6.45, 7) is -0.0506. The van der Waals surface area contributed by atoms with E-state index in [0.717, 1.165) is 11.3 Å². The van der Waals surface area contributed by atoms with Gasteiger partial charge in [-0.25, -0.2) is 0 Å². The minimum atomic E-state index is -2.93. The van der Waals surface area contributed by atoms with Crippen LogP contribution in [0.25, 0.3) is 0 Å². The summed E-state index contributed by atoms with van der Waals surface area (Å²) in [4.78, 5) is 6.35. The van der Waals surface area contributed by atoms with Gasteiger partial charge < -0.3 is 14.9 Å². The number of pyridine rings is 1. The van der Waals surface area contributed by atoms with Gasteiger partial charge in [-0.05, 0) is 42.3 Å². The van der Waals surface area contributed by atoms with Crippen molar-refractivity contribution in [3.05, 3.63) is 89.2 Å². The molecule has 0 fully saturated rings. The topological polar surface area (TPSA) is 65.8 Å². The molecule has 30 heavy (non-hydrogen) atoms. The van der Waals surface area contributed by atoms with Crippen molar-refractivity contribution >= 4 is 0 Å². The van der Waals surface area contributed by atoms with Crippen LogP contribution in [0.5, 0.6) is 11.5 Å². The standard InChI is InChI=1S/C23H24F2N2O3/c1-16-10-11-21(28)20(26-16)14-27(13-17-6-3-2-4-7-17)15-22(29)18-8-5-9-19(12-18)30-23(24)25/h2-12,22-23,28-29H,13-15H2,1H3. The Morgan fingerprint density at radius 3 is 2.50 bits per heavy atom. The van der Waals surface area contributed by atoms with E-state index in [2.05, 4.69) is 9.72 Å². The first-order chi connectivity index (χ1) is 14.4. The van der Waals surface area contributed by atoms with Crippen LogP contribution in [0.2, 0.25) is 0 Å². The molecule has 0 spiro atoms. The fraction of sp³-hybridized carbons (Fsp3) is 0.261. The van der Waals surface area contributed by atoms with Crippen molar-refractivity contribution in [3.8, 4) is 11.5 Å². The fourth-order valence-corrected chi connectivity index (χ4v) is 3.21. The number of rotatable bonds is 9. The molecule has 0 bridgehead atoms. The van der Waals surface area contributed by atoms with E-state index >= 15 is 0 Å². The SMILES string of the molecule is Cc1ccc(O)c(CN(Cc2ccccc2)CC(O)c2cccc(OC(F)F)c2)n1. The average molecular weight is 414 g/mol. The van der Waals surface area contributed by atoms with Crippen LogP contribution >= 0.6 is 0 Å². The van der Waals surface area contributed by atoms with E-state index in [0.29, 0.717) is 24.3 Å². The van der Waals surface area contributed by atoms with Crippen LogP contribution in [0, 0.1) is 6.92 Å². The first kappa shape index (κ1) is 21.7. The van der Waals surface area contributed by atoms with Crippen LogP contribution in [0.3, 0.4) is 0 Å². The lowest BCUT2D eigenvalue weighted by atomic mass is 10.1. The van der Waals surface area contributed by atoms with E-state index in [-0.39, 0.29) is 18.0 Å². The summed E-state index contributed by atoms with van der Waals surface area (Å²) in [6.07, 6.45) is -0.943. The molecule has 1 unspecified atom stereocenters. The van der Waals surface area contributed by atoms with E-state index < -0.39 is 12.7 Å². The van der Waals surface area contributed by atoms with E-state index in [1.165, 1.54) is 12.1 Å². The molecule has 7 heteroatoms. The Bertz CT molecular complexity index is 954. The molecule has 5 nitrogen and oxygen atoms in total. The summed E-state index contributed by atoms with van der Waals surface area (Å²) in [7, 11) is 0. The number of aliphatic hydroxyl groups is 1. The average Bonchev–Trinajstić information content (AvgIpc) is 2.71. The van der Waals surface area contributed by atoms with E-state index in [9.17, 15) is 19.0 Å². The zero-order valence-electron chi connectivity index (χ0n) is 16.6.